The largest absolute Gasteiger partial charge is 0.268 e. The number of fused-ring (bicyclic) bond motifs is 1. The zero-order chi connectivity index (χ0) is 7.84. The van der Waals surface area contributed by atoms with Crippen LogP contribution in [0.1, 0.15) is 10.4 Å². The van der Waals surface area contributed by atoms with Gasteiger partial charge in [0.25, 0.3) is 5.91 Å². The summed E-state index contributed by atoms with van der Waals surface area (Å²) in [4.78, 5) is 11.6. The first kappa shape index (κ1) is 6.54. The van der Waals surface area contributed by atoms with E-state index in [-0.39, 0.29) is 5.91 Å². The van der Waals surface area contributed by atoms with E-state index in [4.69, 9.17) is 0 Å². The van der Waals surface area contributed by atoms with Gasteiger partial charge in [-0.15, -0.1) is 0 Å². The Morgan fingerprint density at radius 2 is 2.00 bits per heavy atom. The lowest BCUT2D eigenvalue weighted by Gasteiger charge is -1.88. The van der Waals surface area contributed by atoms with Gasteiger partial charge in [0.2, 0.25) is 0 Å². The van der Waals surface area contributed by atoms with Crippen molar-refractivity contribution in [1.82, 2.24) is 4.72 Å². The second-order valence-corrected chi connectivity index (χ2v) is 3.38. The fourth-order valence-corrected chi connectivity index (χ4v) is 1.96. The van der Waals surface area contributed by atoms with Crippen molar-refractivity contribution in [1.29, 1.82) is 0 Å². The van der Waals surface area contributed by atoms with E-state index in [0.29, 0.717) is 10.5 Å². The van der Waals surface area contributed by atoms with Gasteiger partial charge in [-0.05, 0) is 12.1 Å². The molecule has 1 N–H and O–H groups in total. The third-order valence-electron chi connectivity index (χ3n) is 1.52. The second-order valence-electron chi connectivity index (χ2n) is 2.20. The van der Waals surface area contributed by atoms with Crippen molar-refractivity contribution in [3.63, 3.8) is 0 Å². The van der Waals surface area contributed by atoms with Gasteiger partial charge in [-0.2, -0.15) is 0 Å². The maximum absolute atomic E-state index is 11.1. The van der Waals surface area contributed by atoms with Crippen LogP contribution in [0.5, 0.6) is 0 Å². The van der Waals surface area contributed by atoms with Gasteiger partial charge in [0.05, 0.1) is 10.5 Å². The zero-order valence-electron chi connectivity index (χ0n) is 5.53. The number of benzene rings is 1. The van der Waals surface area contributed by atoms with E-state index >= 15 is 0 Å². The Labute approximate surface area is 66.0 Å². The summed E-state index contributed by atoms with van der Waals surface area (Å²) in [6, 6.07) is 6.86. The normalized spacial score (nSPS) is 21.1. The molecule has 56 valence electrons. The van der Waals surface area contributed by atoms with Crippen molar-refractivity contribution in [2.75, 3.05) is 0 Å². The molecule has 0 saturated carbocycles. The van der Waals surface area contributed by atoms with Gasteiger partial charge >= 0.3 is 0 Å². The minimum absolute atomic E-state index is 0.251. The number of hydrogen-bond donors (Lipinski definition) is 1. The van der Waals surface area contributed by atoms with Gasteiger partial charge in [0.15, 0.2) is 11.0 Å². The number of rotatable bonds is 0. The number of amides is 1. The van der Waals surface area contributed by atoms with Gasteiger partial charge in [0.1, 0.15) is 0 Å². The van der Waals surface area contributed by atoms with E-state index in [1.54, 1.807) is 24.3 Å². The standard InChI is InChI=1S/C7H5NO2S/c9-7-5-3-1-2-4-6(5)11(10)8-7/h1-4H,(H,8,9). The summed E-state index contributed by atoms with van der Waals surface area (Å²) in [6.07, 6.45) is 0. The van der Waals surface area contributed by atoms with Crippen molar-refractivity contribution in [3.05, 3.63) is 29.8 Å². The third-order valence-corrected chi connectivity index (χ3v) is 2.64. The molecule has 1 aliphatic heterocycles. The quantitative estimate of drug-likeness (QED) is 0.610. The fourth-order valence-electron chi connectivity index (χ4n) is 1.01. The van der Waals surface area contributed by atoms with Crippen molar-refractivity contribution in [2.24, 2.45) is 0 Å². The molecule has 0 spiro atoms. The monoisotopic (exact) mass is 167 g/mol. The lowest BCUT2D eigenvalue weighted by atomic mass is 10.2. The molecule has 0 aliphatic carbocycles. The molecule has 0 bridgehead atoms. The Balaban J connectivity index is 2.69. The predicted molar refractivity (Wildman–Crippen MR) is 40.3 cm³/mol. The molecule has 1 aliphatic rings. The van der Waals surface area contributed by atoms with Crippen LogP contribution in [0.15, 0.2) is 29.2 Å². The van der Waals surface area contributed by atoms with Crippen LogP contribution in [-0.2, 0) is 11.0 Å². The molecule has 1 amide bonds. The van der Waals surface area contributed by atoms with E-state index in [9.17, 15) is 9.00 Å². The summed E-state index contributed by atoms with van der Waals surface area (Å²) < 4.78 is 13.4. The van der Waals surface area contributed by atoms with Crippen LogP contribution in [0.4, 0.5) is 0 Å². The number of hydrogen-bond acceptors (Lipinski definition) is 2. The lowest BCUT2D eigenvalue weighted by Crippen LogP contribution is -2.15. The summed E-state index contributed by atoms with van der Waals surface area (Å²) in [5, 5.41) is 0. The Hall–Kier alpha value is -1.16. The summed E-state index contributed by atoms with van der Waals surface area (Å²) in [6.45, 7) is 0. The first-order valence-corrected chi connectivity index (χ1v) is 4.26. The van der Waals surface area contributed by atoms with Crippen LogP contribution >= 0.6 is 0 Å². The minimum atomic E-state index is -1.33. The van der Waals surface area contributed by atoms with Crippen molar-refractivity contribution in [3.8, 4) is 0 Å². The van der Waals surface area contributed by atoms with E-state index < -0.39 is 11.0 Å². The summed E-state index contributed by atoms with van der Waals surface area (Å²) in [7, 11) is -1.33. The van der Waals surface area contributed by atoms with E-state index in [1.807, 2.05) is 0 Å². The Kier molecular flexibility index (Phi) is 1.29. The van der Waals surface area contributed by atoms with Crippen LogP contribution in [0.3, 0.4) is 0 Å². The molecule has 1 heterocycles. The number of carbonyl (C=O) groups is 1. The van der Waals surface area contributed by atoms with E-state index in [0.717, 1.165) is 0 Å². The van der Waals surface area contributed by atoms with Gasteiger partial charge in [-0.25, -0.2) is 4.21 Å². The summed E-state index contributed by atoms with van der Waals surface area (Å²) >= 11 is 0. The van der Waals surface area contributed by atoms with Crippen LogP contribution in [0.25, 0.3) is 0 Å². The molecule has 1 aromatic carbocycles. The molecule has 2 rings (SSSR count). The molecule has 0 radical (unpaired) electrons. The molecule has 4 heteroatoms. The Bertz CT molecular complexity index is 315. The fraction of sp³-hybridized carbons (Fsp3) is 0. The molecule has 11 heavy (non-hydrogen) atoms. The average Bonchev–Trinajstić information content (AvgIpc) is 2.30. The van der Waals surface area contributed by atoms with Crippen molar-refractivity contribution < 1.29 is 9.00 Å². The molecule has 0 aromatic heterocycles. The third kappa shape index (κ3) is 0.867. The number of nitrogens with one attached hydrogen (secondary N) is 1. The maximum Gasteiger partial charge on any atom is 0.264 e. The lowest BCUT2D eigenvalue weighted by molar-refractivity contribution is 0.0986. The Morgan fingerprint density at radius 3 is 2.73 bits per heavy atom. The van der Waals surface area contributed by atoms with Gasteiger partial charge in [0, 0.05) is 0 Å². The van der Waals surface area contributed by atoms with Gasteiger partial charge in [-0.3, -0.25) is 9.52 Å². The molecule has 1 aromatic rings. The van der Waals surface area contributed by atoms with E-state index in [2.05, 4.69) is 4.72 Å². The highest BCUT2D eigenvalue weighted by Gasteiger charge is 2.24. The van der Waals surface area contributed by atoms with Crippen molar-refractivity contribution in [2.45, 2.75) is 4.90 Å². The van der Waals surface area contributed by atoms with Crippen molar-refractivity contribution >= 4 is 16.9 Å². The van der Waals surface area contributed by atoms with Crippen LogP contribution < -0.4 is 4.72 Å². The van der Waals surface area contributed by atoms with Gasteiger partial charge in [-0.1, -0.05) is 12.1 Å². The first-order chi connectivity index (χ1) is 5.29. The second kappa shape index (κ2) is 2.17. The highest BCUT2D eigenvalue weighted by molar-refractivity contribution is 7.84. The summed E-state index contributed by atoms with van der Waals surface area (Å²) in [5.41, 5.74) is 0.519. The van der Waals surface area contributed by atoms with E-state index in [1.165, 1.54) is 0 Å². The molecule has 0 fully saturated rings. The number of carbonyl (C=O) groups excluding carboxylic acids is 1. The SMILES string of the molecule is O=C1NS(=O)c2ccccc21. The molecule has 3 nitrogen and oxygen atoms in total. The van der Waals surface area contributed by atoms with Crippen LogP contribution in [0, 0.1) is 0 Å². The molecular weight excluding hydrogens is 162 g/mol. The topological polar surface area (TPSA) is 46.2 Å². The van der Waals surface area contributed by atoms with Crippen LogP contribution in [-0.4, -0.2) is 10.1 Å². The Morgan fingerprint density at radius 1 is 1.27 bits per heavy atom. The molecule has 1 unspecified atom stereocenters. The molecule has 0 saturated heterocycles. The highest BCUT2D eigenvalue weighted by Crippen LogP contribution is 2.17. The predicted octanol–water partition coefficient (Wildman–Crippen LogP) is 0.453. The van der Waals surface area contributed by atoms with Gasteiger partial charge < -0.3 is 0 Å². The average molecular weight is 167 g/mol. The molecule has 1 atom stereocenters. The van der Waals surface area contributed by atoms with Crippen LogP contribution in [0.2, 0.25) is 0 Å². The minimum Gasteiger partial charge on any atom is -0.268 e. The first-order valence-electron chi connectivity index (χ1n) is 3.11. The summed E-state index contributed by atoms with van der Waals surface area (Å²) in [5.74, 6) is -0.251. The molecular formula is C7H5NO2S. The maximum atomic E-state index is 11.1. The zero-order valence-corrected chi connectivity index (χ0v) is 6.35. The smallest absolute Gasteiger partial charge is 0.264 e. The highest BCUT2D eigenvalue weighted by atomic mass is 32.2.